The number of hydrogen-bond acceptors (Lipinski definition) is 5. The molecule has 1 N–H and O–H groups in total. The first-order valence-corrected chi connectivity index (χ1v) is 13.4. The summed E-state index contributed by atoms with van der Waals surface area (Å²) in [5, 5.41) is 0. The molecule has 3 aromatic rings. The van der Waals surface area contributed by atoms with Crippen molar-refractivity contribution in [2.45, 2.75) is 49.5 Å². The van der Waals surface area contributed by atoms with Crippen molar-refractivity contribution >= 4 is 21.4 Å². The number of aryl methyl sites for hydroxylation is 1. The van der Waals surface area contributed by atoms with Gasteiger partial charge in [-0.2, -0.15) is 0 Å². The summed E-state index contributed by atoms with van der Waals surface area (Å²) in [7, 11) is -0.409. The van der Waals surface area contributed by atoms with E-state index in [0.717, 1.165) is 41.0 Å². The van der Waals surface area contributed by atoms with Gasteiger partial charge in [-0.15, -0.1) is 0 Å². The van der Waals surface area contributed by atoms with Gasteiger partial charge in [0.2, 0.25) is 0 Å². The number of rotatable bonds is 6. The third-order valence-electron chi connectivity index (χ3n) is 6.98. The van der Waals surface area contributed by atoms with Crippen molar-refractivity contribution in [3.05, 3.63) is 82.9 Å². The molecular formula is C28H30N2O4S. The van der Waals surface area contributed by atoms with Gasteiger partial charge in [-0.1, -0.05) is 42.7 Å². The molecule has 1 aliphatic carbocycles. The molecule has 7 heteroatoms. The first-order valence-electron chi connectivity index (χ1n) is 11.9. The number of anilines is 1. The number of aliphatic imine (C=N–C) groups is 1. The molecule has 1 aliphatic heterocycles. The van der Waals surface area contributed by atoms with Crippen LogP contribution in [0.15, 0.2) is 70.6 Å². The Morgan fingerprint density at radius 3 is 2.23 bits per heavy atom. The minimum atomic E-state index is -3.70. The summed E-state index contributed by atoms with van der Waals surface area (Å²) in [4.78, 5) is 5.38. The van der Waals surface area contributed by atoms with Gasteiger partial charge in [-0.05, 0) is 61.7 Å². The predicted molar refractivity (Wildman–Crippen MR) is 139 cm³/mol. The topological polar surface area (TPSA) is 77.0 Å². The van der Waals surface area contributed by atoms with Gasteiger partial charge in [0.15, 0.2) is 11.5 Å². The molecule has 6 nitrogen and oxygen atoms in total. The monoisotopic (exact) mass is 490 g/mol. The maximum absolute atomic E-state index is 12.9. The van der Waals surface area contributed by atoms with Crippen LogP contribution >= 0.6 is 0 Å². The molecule has 35 heavy (non-hydrogen) atoms. The van der Waals surface area contributed by atoms with E-state index >= 15 is 0 Å². The van der Waals surface area contributed by atoms with E-state index in [4.69, 9.17) is 14.5 Å². The second-order valence-electron chi connectivity index (χ2n) is 9.23. The molecule has 0 spiro atoms. The van der Waals surface area contributed by atoms with Crippen LogP contribution in [0.25, 0.3) is 0 Å². The number of sulfonamides is 1. The van der Waals surface area contributed by atoms with Gasteiger partial charge in [0.1, 0.15) is 0 Å². The zero-order valence-corrected chi connectivity index (χ0v) is 21.1. The highest BCUT2D eigenvalue weighted by Crippen LogP contribution is 2.44. The Morgan fingerprint density at radius 2 is 1.54 bits per heavy atom. The lowest BCUT2D eigenvalue weighted by Crippen LogP contribution is -2.29. The van der Waals surface area contributed by atoms with Crippen molar-refractivity contribution in [1.29, 1.82) is 0 Å². The SMILES string of the molecule is COc1cc2c(cc1OC)[C@@H]1CCCC[C@@H]1N=C2c1ccc(S(=O)(=O)Nc2ccc(C)cc2)cc1. The van der Waals surface area contributed by atoms with Crippen molar-refractivity contribution in [3.8, 4) is 11.5 Å². The minimum absolute atomic E-state index is 0.210. The standard InChI is InChI=1S/C28H30N2O4S/c1-18-8-12-20(13-9-18)30-35(31,32)21-14-10-19(11-15-21)28-24-17-27(34-3)26(33-2)16-23(24)22-6-4-5-7-25(22)29-28/h8-17,22,25,30H,4-7H2,1-3H3/t22-,25-/m0/s1. The number of fused-ring (bicyclic) bond motifs is 3. The molecule has 5 rings (SSSR count). The molecule has 1 saturated carbocycles. The van der Waals surface area contributed by atoms with Crippen LogP contribution in [0.2, 0.25) is 0 Å². The number of ether oxygens (including phenoxy) is 2. The average molecular weight is 491 g/mol. The lowest BCUT2D eigenvalue weighted by Gasteiger charge is -2.35. The zero-order chi connectivity index (χ0) is 24.6. The Labute approximate surface area is 207 Å². The van der Waals surface area contributed by atoms with Gasteiger partial charge in [0, 0.05) is 22.7 Å². The molecule has 0 bridgehead atoms. The molecule has 1 fully saturated rings. The quantitative estimate of drug-likeness (QED) is 0.482. The van der Waals surface area contributed by atoms with Crippen LogP contribution in [0, 0.1) is 6.92 Å². The Hall–Kier alpha value is -3.32. The molecule has 2 aliphatic rings. The van der Waals surface area contributed by atoms with E-state index < -0.39 is 10.0 Å². The largest absolute Gasteiger partial charge is 0.493 e. The Balaban J connectivity index is 1.51. The van der Waals surface area contributed by atoms with Gasteiger partial charge in [-0.25, -0.2) is 8.42 Å². The molecule has 0 radical (unpaired) electrons. The molecule has 0 saturated heterocycles. The summed E-state index contributed by atoms with van der Waals surface area (Å²) in [6, 6.07) is 18.5. The Kier molecular flexibility index (Phi) is 6.28. The summed E-state index contributed by atoms with van der Waals surface area (Å²) in [6.45, 7) is 1.96. The third kappa shape index (κ3) is 4.52. The molecule has 0 aromatic heterocycles. The van der Waals surface area contributed by atoms with Crippen molar-refractivity contribution < 1.29 is 17.9 Å². The molecule has 2 atom stereocenters. The summed E-state index contributed by atoms with van der Waals surface area (Å²) >= 11 is 0. The highest BCUT2D eigenvalue weighted by molar-refractivity contribution is 7.92. The Morgan fingerprint density at radius 1 is 0.886 bits per heavy atom. The normalized spacial score (nSPS) is 19.2. The first kappa shape index (κ1) is 23.4. The van der Waals surface area contributed by atoms with Gasteiger partial charge in [0.05, 0.1) is 30.9 Å². The molecular weight excluding hydrogens is 460 g/mol. The van der Waals surface area contributed by atoms with Crippen LogP contribution in [0.3, 0.4) is 0 Å². The average Bonchev–Trinajstić information content (AvgIpc) is 2.88. The van der Waals surface area contributed by atoms with Gasteiger partial charge in [0.25, 0.3) is 10.0 Å². The van der Waals surface area contributed by atoms with E-state index in [1.165, 1.54) is 18.4 Å². The fourth-order valence-electron chi connectivity index (χ4n) is 5.13. The second-order valence-corrected chi connectivity index (χ2v) is 10.9. The van der Waals surface area contributed by atoms with Crippen molar-refractivity contribution in [2.24, 2.45) is 4.99 Å². The molecule has 0 amide bonds. The fourth-order valence-corrected chi connectivity index (χ4v) is 6.19. The van der Waals surface area contributed by atoms with E-state index in [0.29, 0.717) is 17.4 Å². The number of nitrogens with zero attached hydrogens (tertiary/aromatic N) is 1. The van der Waals surface area contributed by atoms with Gasteiger partial charge >= 0.3 is 0 Å². The van der Waals surface area contributed by atoms with Crippen molar-refractivity contribution in [2.75, 3.05) is 18.9 Å². The molecule has 3 aromatic carbocycles. The maximum Gasteiger partial charge on any atom is 0.261 e. The molecule has 1 heterocycles. The third-order valence-corrected chi connectivity index (χ3v) is 8.37. The smallest absolute Gasteiger partial charge is 0.261 e. The summed E-state index contributed by atoms with van der Waals surface area (Å²) in [6.07, 6.45) is 4.52. The van der Waals surface area contributed by atoms with E-state index in [-0.39, 0.29) is 10.9 Å². The van der Waals surface area contributed by atoms with Crippen molar-refractivity contribution in [1.82, 2.24) is 0 Å². The van der Waals surface area contributed by atoms with Crippen LogP contribution in [0.1, 0.15) is 53.9 Å². The molecule has 182 valence electrons. The Bertz CT molecular complexity index is 1360. The summed E-state index contributed by atoms with van der Waals surface area (Å²) in [5.74, 6) is 1.75. The number of hydrogen-bond donors (Lipinski definition) is 1. The van der Waals surface area contributed by atoms with Crippen LogP contribution in [0.4, 0.5) is 5.69 Å². The number of methoxy groups -OCH3 is 2. The van der Waals surface area contributed by atoms with Crippen LogP contribution in [-0.2, 0) is 10.0 Å². The molecule has 0 unspecified atom stereocenters. The van der Waals surface area contributed by atoms with E-state index in [9.17, 15) is 8.42 Å². The highest BCUT2D eigenvalue weighted by atomic mass is 32.2. The minimum Gasteiger partial charge on any atom is -0.493 e. The number of nitrogens with one attached hydrogen (secondary N) is 1. The zero-order valence-electron chi connectivity index (χ0n) is 20.2. The maximum atomic E-state index is 12.9. The second kappa shape index (κ2) is 9.38. The highest BCUT2D eigenvalue weighted by Gasteiger charge is 2.34. The van der Waals surface area contributed by atoms with Gasteiger partial charge in [-0.3, -0.25) is 9.71 Å². The van der Waals surface area contributed by atoms with Crippen LogP contribution in [-0.4, -0.2) is 34.4 Å². The fraction of sp³-hybridized carbons (Fsp3) is 0.321. The lowest BCUT2D eigenvalue weighted by molar-refractivity contribution is 0.349. The van der Waals surface area contributed by atoms with Crippen molar-refractivity contribution in [3.63, 3.8) is 0 Å². The predicted octanol–water partition coefficient (Wildman–Crippen LogP) is 5.69. The first-order chi connectivity index (χ1) is 16.9. The van der Waals surface area contributed by atoms with E-state index in [2.05, 4.69) is 10.8 Å². The van der Waals surface area contributed by atoms with Crippen LogP contribution in [0.5, 0.6) is 11.5 Å². The lowest BCUT2D eigenvalue weighted by atomic mass is 9.75. The van der Waals surface area contributed by atoms with E-state index in [1.54, 1.807) is 38.5 Å². The summed E-state index contributed by atoms with van der Waals surface area (Å²) < 4.78 is 39.7. The van der Waals surface area contributed by atoms with Gasteiger partial charge < -0.3 is 9.47 Å². The van der Waals surface area contributed by atoms with Crippen LogP contribution < -0.4 is 14.2 Å². The summed E-state index contributed by atoms with van der Waals surface area (Å²) in [5.41, 5.74) is 5.63. The van der Waals surface area contributed by atoms with E-state index in [1.807, 2.05) is 37.3 Å². The number of benzene rings is 3.